The van der Waals surface area contributed by atoms with E-state index in [4.69, 9.17) is 13.7 Å². The van der Waals surface area contributed by atoms with E-state index in [2.05, 4.69) is 15.5 Å². The summed E-state index contributed by atoms with van der Waals surface area (Å²) in [5, 5.41) is 6.36. The zero-order chi connectivity index (χ0) is 15.2. The molecule has 21 heavy (non-hydrogen) atoms. The maximum absolute atomic E-state index is 11.9. The summed E-state index contributed by atoms with van der Waals surface area (Å²) in [5.41, 5.74) is 0. The van der Waals surface area contributed by atoms with Crippen molar-refractivity contribution in [2.24, 2.45) is 0 Å². The number of hydrogen-bond acceptors (Lipinski definition) is 7. The Balaban J connectivity index is 1.87. The number of amides is 1. The quantitative estimate of drug-likeness (QED) is 0.807. The number of furan rings is 1. The Morgan fingerprint density at radius 3 is 2.95 bits per heavy atom. The fourth-order valence-electron chi connectivity index (χ4n) is 1.69. The monoisotopic (exact) mass is 294 g/mol. The number of ether oxygens (including phenoxy) is 1. The highest BCUT2D eigenvalue weighted by molar-refractivity contribution is 5.91. The van der Waals surface area contributed by atoms with E-state index in [0.29, 0.717) is 18.3 Å². The van der Waals surface area contributed by atoms with Gasteiger partial charge in [0.15, 0.2) is 11.6 Å². The van der Waals surface area contributed by atoms with Crippen LogP contribution in [0.2, 0.25) is 0 Å². The zero-order valence-corrected chi connectivity index (χ0v) is 12.3. The average Bonchev–Trinajstić information content (AvgIpc) is 3.05. The number of methoxy groups -OCH3 is 1. The first kappa shape index (κ1) is 15.2. The van der Waals surface area contributed by atoms with Gasteiger partial charge >= 0.3 is 0 Å². The molecule has 0 aliphatic heterocycles. The molecule has 0 bridgehead atoms. The van der Waals surface area contributed by atoms with Crippen LogP contribution in [0.25, 0.3) is 0 Å². The van der Waals surface area contributed by atoms with Crippen molar-refractivity contribution in [3.05, 3.63) is 35.4 Å². The van der Waals surface area contributed by atoms with E-state index in [9.17, 15) is 4.79 Å². The third kappa shape index (κ3) is 4.40. The van der Waals surface area contributed by atoms with Gasteiger partial charge in [-0.3, -0.25) is 4.79 Å². The van der Waals surface area contributed by atoms with Crippen LogP contribution in [0.3, 0.4) is 0 Å². The summed E-state index contributed by atoms with van der Waals surface area (Å²) in [5.74, 6) is 1.41. The van der Waals surface area contributed by atoms with Gasteiger partial charge in [-0.25, -0.2) is 0 Å². The molecule has 0 aliphatic rings. The summed E-state index contributed by atoms with van der Waals surface area (Å²) < 4.78 is 15.3. The van der Waals surface area contributed by atoms with Crippen LogP contribution in [-0.4, -0.2) is 42.2 Å². The highest BCUT2D eigenvalue weighted by Gasteiger charge is 2.13. The maximum Gasteiger partial charge on any atom is 0.287 e. The molecular formula is C13H18N4O4. The minimum absolute atomic E-state index is 0.138. The van der Waals surface area contributed by atoms with Gasteiger partial charge in [-0.2, -0.15) is 4.98 Å². The van der Waals surface area contributed by atoms with Crippen molar-refractivity contribution < 1.29 is 18.5 Å². The van der Waals surface area contributed by atoms with Gasteiger partial charge in [-0.1, -0.05) is 5.16 Å². The Bertz CT molecular complexity index is 591. The van der Waals surface area contributed by atoms with Crippen LogP contribution >= 0.6 is 0 Å². The number of hydrogen-bond donors (Lipinski definition) is 1. The fraction of sp³-hybridized carbons (Fsp3) is 0.462. The Kier molecular flexibility index (Phi) is 5.07. The topological polar surface area (TPSA) is 93.6 Å². The van der Waals surface area contributed by atoms with Gasteiger partial charge < -0.3 is 23.9 Å². The van der Waals surface area contributed by atoms with Gasteiger partial charge in [0.05, 0.1) is 13.1 Å². The standard InChI is InChI=1S/C13H18N4O4/c1-17(2)7-9-4-5-10(20-9)13(18)14-6-12-15-11(8-19-3)16-21-12/h4-5H,6-8H2,1-3H3,(H,14,18). The maximum atomic E-state index is 11.9. The number of carbonyl (C=O) groups excluding carboxylic acids is 1. The molecule has 0 aromatic carbocycles. The Hall–Kier alpha value is -2.19. The molecule has 114 valence electrons. The van der Waals surface area contributed by atoms with Gasteiger partial charge in [0.1, 0.15) is 12.4 Å². The van der Waals surface area contributed by atoms with Crippen LogP contribution in [0.1, 0.15) is 28.0 Å². The van der Waals surface area contributed by atoms with E-state index in [-0.39, 0.29) is 24.8 Å². The fourth-order valence-corrected chi connectivity index (χ4v) is 1.69. The second kappa shape index (κ2) is 7.00. The molecule has 2 aromatic heterocycles. The third-order valence-electron chi connectivity index (χ3n) is 2.54. The van der Waals surface area contributed by atoms with E-state index in [1.165, 1.54) is 0 Å². The third-order valence-corrected chi connectivity index (χ3v) is 2.54. The molecule has 1 amide bonds. The van der Waals surface area contributed by atoms with Crippen LogP contribution < -0.4 is 5.32 Å². The summed E-state index contributed by atoms with van der Waals surface area (Å²) in [6, 6.07) is 3.41. The predicted molar refractivity (Wildman–Crippen MR) is 72.3 cm³/mol. The van der Waals surface area contributed by atoms with Crippen molar-refractivity contribution in [3.63, 3.8) is 0 Å². The lowest BCUT2D eigenvalue weighted by molar-refractivity contribution is 0.0915. The van der Waals surface area contributed by atoms with Crippen molar-refractivity contribution in [2.45, 2.75) is 19.7 Å². The van der Waals surface area contributed by atoms with E-state index >= 15 is 0 Å². The SMILES string of the molecule is COCc1noc(CNC(=O)c2ccc(CN(C)C)o2)n1. The molecule has 0 spiro atoms. The summed E-state index contributed by atoms with van der Waals surface area (Å²) in [7, 11) is 5.39. The van der Waals surface area contributed by atoms with E-state index in [1.807, 2.05) is 19.0 Å². The van der Waals surface area contributed by atoms with Crippen LogP contribution in [0.15, 0.2) is 21.1 Å². The highest BCUT2D eigenvalue weighted by atomic mass is 16.5. The Morgan fingerprint density at radius 2 is 2.24 bits per heavy atom. The van der Waals surface area contributed by atoms with Crippen LogP contribution in [0, 0.1) is 0 Å². The molecule has 8 nitrogen and oxygen atoms in total. The zero-order valence-electron chi connectivity index (χ0n) is 12.3. The van der Waals surface area contributed by atoms with Gasteiger partial charge in [0, 0.05) is 7.11 Å². The normalized spacial score (nSPS) is 11.0. The molecule has 8 heteroatoms. The van der Waals surface area contributed by atoms with Crippen LogP contribution in [-0.2, 0) is 24.4 Å². The molecule has 0 radical (unpaired) electrons. The Morgan fingerprint density at radius 1 is 1.43 bits per heavy atom. The molecule has 0 fully saturated rings. The number of aromatic nitrogens is 2. The lowest BCUT2D eigenvalue weighted by Gasteiger charge is -2.05. The number of nitrogens with one attached hydrogen (secondary N) is 1. The lowest BCUT2D eigenvalue weighted by Crippen LogP contribution is -2.22. The smallest absolute Gasteiger partial charge is 0.287 e. The van der Waals surface area contributed by atoms with E-state index in [0.717, 1.165) is 5.76 Å². The van der Waals surface area contributed by atoms with Gasteiger partial charge in [0.2, 0.25) is 5.89 Å². The van der Waals surface area contributed by atoms with Crippen LogP contribution in [0.4, 0.5) is 0 Å². The summed E-state index contributed by atoms with van der Waals surface area (Å²) in [6.07, 6.45) is 0. The van der Waals surface area contributed by atoms with E-state index < -0.39 is 0 Å². The molecule has 0 unspecified atom stereocenters. The molecule has 2 heterocycles. The Labute approximate surface area is 122 Å². The molecule has 0 aliphatic carbocycles. The van der Waals surface area contributed by atoms with Crippen molar-refractivity contribution in [1.82, 2.24) is 20.4 Å². The first-order valence-corrected chi connectivity index (χ1v) is 6.40. The number of carbonyl (C=O) groups is 1. The van der Waals surface area contributed by atoms with Crippen molar-refractivity contribution in [1.29, 1.82) is 0 Å². The molecule has 0 saturated heterocycles. The highest BCUT2D eigenvalue weighted by Crippen LogP contribution is 2.09. The van der Waals surface area contributed by atoms with Crippen molar-refractivity contribution in [2.75, 3.05) is 21.2 Å². The largest absolute Gasteiger partial charge is 0.455 e. The van der Waals surface area contributed by atoms with Gasteiger partial charge in [-0.15, -0.1) is 0 Å². The summed E-state index contributed by atoms with van der Waals surface area (Å²) >= 11 is 0. The number of nitrogens with zero attached hydrogens (tertiary/aromatic N) is 3. The second-order valence-corrected chi connectivity index (χ2v) is 4.72. The van der Waals surface area contributed by atoms with Crippen molar-refractivity contribution in [3.8, 4) is 0 Å². The van der Waals surface area contributed by atoms with E-state index in [1.54, 1.807) is 19.2 Å². The van der Waals surface area contributed by atoms with Gasteiger partial charge in [0.25, 0.3) is 5.91 Å². The molecule has 2 aromatic rings. The van der Waals surface area contributed by atoms with Gasteiger partial charge in [-0.05, 0) is 26.2 Å². The minimum atomic E-state index is -0.327. The summed E-state index contributed by atoms with van der Waals surface area (Å²) in [6.45, 7) is 1.04. The van der Waals surface area contributed by atoms with Crippen molar-refractivity contribution >= 4 is 5.91 Å². The molecule has 2 rings (SSSR count). The number of rotatable bonds is 7. The minimum Gasteiger partial charge on any atom is -0.455 e. The first-order valence-electron chi connectivity index (χ1n) is 6.40. The molecule has 0 atom stereocenters. The molecule has 0 saturated carbocycles. The lowest BCUT2D eigenvalue weighted by atomic mass is 10.4. The molecular weight excluding hydrogens is 276 g/mol. The second-order valence-electron chi connectivity index (χ2n) is 4.72. The average molecular weight is 294 g/mol. The predicted octanol–water partition coefficient (Wildman–Crippen LogP) is 0.801. The van der Waals surface area contributed by atoms with Crippen LogP contribution in [0.5, 0.6) is 0 Å². The molecule has 1 N–H and O–H groups in total. The first-order chi connectivity index (χ1) is 10.1. The summed E-state index contributed by atoms with van der Waals surface area (Å²) in [4.78, 5) is 17.9.